The Kier molecular flexibility index (Phi) is 12.2. The van der Waals surface area contributed by atoms with E-state index in [1.165, 1.54) is 32.5 Å². The van der Waals surface area contributed by atoms with Gasteiger partial charge in [-0.15, -0.1) is 0 Å². The van der Waals surface area contributed by atoms with Crippen LogP contribution < -0.4 is 29.0 Å². The van der Waals surface area contributed by atoms with Gasteiger partial charge < -0.3 is 33.3 Å². The van der Waals surface area contributed by atoms with E-state index in [9.17, 15) is 18.0 Å². The van der Waals surface area contributed by atoms with Crippen molar-refractivity contribution in [2.45, 2.75) is 17.7 Å². The lowest BCUT2D eigenvalue weighted by Gasteiger charge is -2.27. The van der Waals surface area contributed by atoms with Crippen molar-refractivity contribution in [3.63, 3.8) is 0 Å². The molecule has 1 fully saturated rings. The van der Waals surface area contributed by atoms with Crippen molar-refractivity contribution < 1.29 is 46.4 Å². The highest BCUT2D eigenvalue weighted by molar-refractivity contribution is 7.92. The zero-order valence-electron chi connectivity index (χ0n) is 27.4. The van der Waals surface area contributed by atoms with E-state index in [1.807, 2.05) is 0 Å². The first-order valence-corrected chi connectivity index (χ1v) is 16.9. The summed E-state index contributed by atoms with van der Waals surface area (Å²) in [6, 6.07) is 16.2. The number of nitrogens with one attached hydrogen (secondary N) is 2. The molecule has 50 heavy (non-hydrogen) atoms. The number of methoxy groups -OCH3 is 2. The van der Waals surface area contributed by atoms with E-state index in [1.54, 1.807) is 53.4 Å². The van der Waals surface area contributed by atoms with Crippen LogP contribution in [0.4, 0.5) is 16.4 Å². The van der Waals surface area contributed by atoms with Crippen LogP contribution in [0, 0.1) is 0 Å². The van der Waals surface area contributed by atoms with Gasteiger partial charge in [-0.3, -0.25) is 14.8 Å². The average Bonchev–Trinajstić information content (AvgIpc) is 3.14. The predicted octanol–water partition coefficient (Wildman–Crippen LogP) is 3.90. The molecule has 0 aliphatic carbocycles. The van der Waals surface area contributed by atoms with Gasteiger partial charge in [0.2, 0.25) is 11.7 Å². The summed E-state index contributed by atoms with van der Waals surface area (Å²) in [5, 5.41) is 2.49. The van der Waals surface area contributed by atoms with Gasteiger partial charge in [0.05, 0.1) is 32.3 Å². The number of nitrogens with zero attached hydrogens (tertiary/aromatic N) is 4. The van der Waals surface area contributed by atoms with Crippen LogP contribution in [-0.4, -0.2) is 94.0 Å². The van der Waals surface area contributed by atoms with Crippen LogP contribution in [0.5, 0.6) is 28.9 Å². The second-order valence-electron chi connectivity index (χ2n) is 10.5. The maximum absolute atomic E-state index is 14.0. The molecule has 17 heteroatoms. The lowest BCUT2D eigenvalue weighted by molar-refractivity contribution is -0.135. The van der Waals surface area contributed by atoms with Crippen LogP contribution in [-0.2, 0) is 30.7 Å². The van der Waals surface area contributed by atoms with E-state index >= 15 is 0 Å². The Morgan fingerprint density at radius 3 is 2.44 bits per heavy atom. The smallest absolute Gasteiger partial charge is 0.412 e. The second-order valence-corrected chi connectivity index (χ2v) is 12.2. The van der Waals surface area contributed by atoms with E-state index < -0.39 is 16.1 Å². The topological polar surface area (TPSA) is 190 Å². The normalized spacial score (nSPS) is 12.8. The molecule has 4 aromatic rings. The summed E-state index contributed by atoms with van der Waals surface area (Å²) in [6.07, 6.45) is 2.06. The lowest BCUT2D eigenvalue weighted by atomic mass is 10.1. The van der Waals surface area contributed by atoms with Crippen molar-refractivity contribution in [2.24, 2.45) is 0 Å². The SMILES string of the molecule is COc1ccc(S(=O)(=O)Nc2ncnc(OCCOC(=O)Nc3ccccn3)c2Oc2ccccc2OC)c(CCC(=O)N2CCOCC2)c1. The maximum atomic E-state index is 14.0. The highest BCUT2D eigenvalue weighted by Gasteiger charge is 2.26. The predicted molar refractivity (Wildman–Crippen MR) is 179 cm³/mol. The Hall–Kier alpha value is -5.68. The van der Waals surface area contributed by atoms with Gasteiger partial charge in [0, 0.05) is 25.7 Å². The number of benzene rings is 2. The molecule has 0 unspecified atom stereocenters. The van der Waals surface area contributed by atoms with Gasteiger partial charge in [-0.2, -0.15) is 4.98 Å². The van der Waals surface area contributed by atoms with E-state index in [0.29, 0.717) is 49.2 Å². The van der Waals surface area contributed by atoms with Crippen molar-refractivity contribution in [3.8, 4) is 28.9 Å². The van der Waals surface area contributed by atoms with Gasteiger partial charge in [0.25, 0.3) is 15.9 Å². The zero-order valence-corrected chi connectivity index (χ0v) is 28.2. The van der Waals surface area contributed by atoms with E-state index in [4.69, 9.17) is 28.4 Å². The fraction of sp³-hybridized carbons (Fsp3) is 0.303. The van der Waals surface area contributed by atoms with Crippen molar-refractivity contribution in [3.05, 3.63) is 78.8 Å². The Bertz CT molecular complexity index is 1870. The molecule has 0 bridgehead atoms. The Morgan fingerprint density at radius 2 is 1.70 bits per heavy atom. The standard InChI is InChI=1S/C33H36N6O10S/c1-44-24-11-12-27(23(21-24)10-13-29(40)39-15-17-46-18-16-39)50(42,43)38-31-30(49-26-8-4-3-7-25(26)45-2)32(36-22-35-31)47-19-20-48-33(41)37-28-9-5-6-14-34-28/h3-9,11-12,14,21-22H,10,13,15-20H2,1-2H3,(H,34,37,41)(H,35,36,38). The number of amides is 2. The summed E-state index contributed by atoms with van der Waals surface area (Å²) in [6.45, 7) is 1.47. The van der Waals surface area contributed by atoms with E-state index in [2.05, 4.69) is 25.0 Å². The second kappa shape index (κ2) is 17.1. The van der Waals surface area contributed by atoms with Gasteiger partial charge >= 0.3 is 6.09 Å². The minimum absolute atomic E-state index is 0.0747. The third kappa shape index (κ3) is 9.48. The summed E-state index contributed by atoms with van der Waals surface area (Å²) in [5.41, 5.74) is 0.359. The first-order valence-electron chi connectivity index (χ1n) is 15.5. The van der Waals surface area contributed by atoms with Crippen LogP contribution in [0.15, 0.2) is 78.1 Å². The molecule has 2 aromatic heterocycles. The van der Waals surface area contributed by atoms with Crippen molar-refractivity contribution >= 4 is 33.7 Å². The number of ether oxygens (including phenoxy) is 6. The first-order chi connectivity index (χ1) is 24.3. The number of hydrogen-bond donors (Lipinski definition) is 2. The molecule has 1 saturated heterocycles. The highest BCUT2D eigenvalue weighted by Crippen LogP contribution is 2.40. The summed E-state index contributed by atoms with van der Waals surface area (Å²) in [4.78, 5) is 39.0. The number of aryl methyl sites for hydroxylation is 1. The van der Waals surface area contributed by atoms with E-state index in [0.717, 1.165) is 6.33 Å². The molecular formula is C33H36N6O10S. The Balaban J connectivity index is 1.37. The number of sulfonamides is 1. The van der Waals surface area contributed by atoms with Gasteiger partial charge in [0.15, 0.2) is 17.3 Å². The number of carbonyl (C=O) groups excluding carboxylic acids is 2. The van der Waals surface area contributed by atoms with E-state index in [-0.39, 0.29) is 60.1 Å². The Morgan fingerprint density at radius 1 is 0.920 bits per heavy atom. The number of carbonyl (C=O) groups is 2. The summed E-state index contributed by atoms with van der Waals surface area (Å²) >= 11 is 0. The number of pyridine rings is 1. The quantitative estimate of drug-likeness (QED) is 0.169. The highest BCUT2D eigenvalue weighted by atomic mass is 32.2. The molecule has 1 aliphatic heterocycles. The lowest BCUT2D eigenvalue weighted by Crippen LogP contribution is -2.40. The van der Waals surface area contributed by atoms with Crippen LogP contribution in [0.25, 0.3) is 0 Å². The fourth-order valence-electron chi connectivity index (χ4n) is 4.82. The van der Waals surface area contributed by atoms with Crippen LogP contribution >= 0.6 is 0 Å². The third-order valence-electron chi connectivity index (χ3n) is 7.26. The van der Waals surface area contributed by atoms with Crippen LogP contribution in [0.3, 0.4) is 0 Å². The molecule has 264 valence electrons. The van der Waals surface area contributed by atoms with Crippen molar-refractivity contribution in [2.75, 3.05) is 63.8 Å². The average molecular weight is 709 g/mol. The molecule has 0 spiro atoms. The first kappa shape index (κ1) is 35.6. The molecule has 2 N–H and O–H groups in total. The van der Waals surface area contributed by atoms with Crippen molar-refractivity contribution in [1.29, 1.82) is 0 Å². The summed E-state index contributed by atoms with van der Waals surface area (Å²) in [7, 11) is -1.43. The molecule has 16 nitrogen and oxygen atoms in total. The van der Waals surface area contributed by atoms with Gasteiger partial charge in [0.1, 0.15) is 31.1 Å². The minimum Gasteiger partial charge on any atom is -0.497 e. The molecule has 0 radical (unpaired) electrons. The molecule has 2 amide bonds. The molecule has 0 atom stereocenters. The number of aromatic nitrogens is 3. The third-order valence-corrected chi connectivity index (χ3v) is 8.70. The number of hydrogen-bond acceptors (Lipinski definition) is 13. The molecule has 1 aliphatic rings. The van der Waals surface area contributed by atoms with Crippen molar-refractivity contribution in [1.82, 2.24) is 19.9 Å². The van der Waals surface area contributed by atoms with Crippen LogP contribution in [0.2, 0.25) is 0 Å². The number of para-hydroxylation sites is 2. The monoisotopic (exact) mass is 708 g/mol. The molecule has 2 aromatic carbocycles. The summed E-state index contributed by atoms with van der Waals surface area (Å²) < 4.78 is 63.6. The van der Waals surface area contributed by atoms with Gasteiger partial charge in [-0.05, 0) is 54.4 Å². The molecule has 5 rings (SSSR count). The molecule has 3 heterocycles. The number of anilines is 2. The number of morpholine rings is 1. The zero-order chi connectivity index (χ0) is 35.3. The maximum Gasteiger partial charge on any atom is 0.412 e. The largest absolute Gasteiger partial charge is 0.497 e. The fourth-order valence-corrected chi connectivity index (χ4v) is 6.09. The molecular weight excluding hydrogens is 672 g/mol. The molecule has 0 saturated carbocycles. The van der Waals surface area contributed by atoms with Crippen LogP contribution in [0.1, 0.15) is 12.0 Å². The summed E-state index contributed by atoms with van der Waals surface area (Å²) in [5.74, 6) is 0.589. The van der Waals surface area contributed by atoms with Gasteiger partial charge in [-0.1, -0.05) is 18.2 Å². The Labute approximate surface area is 288 Å². The van der Waals surface area contributed by atoms with Gasteiger partial charge in [-0.25, -0.2) is 23.2 Å². The number of rotatable bonds is 15. The minimum atomic E-state index is -4.35.